The molecule has 2 aromatic heterocycles. The Morgan fingerprint density at radius 2 is 1.68 bits per heavy atom. The fraction of sp³-hybridized carbons (Fsp3) is 0.386. The number of ether oxygens (including phenoxy) is 2. The minimum Gasteiger partial charge on any atom is -0.492 e. The molecule has 298 valence electrons. The SMILES string of the molecule is Cc1c(OCCN2C[C@@H](C)N(CC(=O)O)[C@@H](C)C2)cccc1-c1ccc(N2CCc3cccc(C(=O)Nc4nc5ccccc5s4)c3C2)nc1C(=O)OC(C)(C)C. The highest BCUT2D eigenvalue weighted by atomic mass is 32.1. The number of aliphatic carboxylic acids is 1. The van der Waals surface area contributed by atoms with Crippen molar-refractivity contribution < 1.29 is 29.0 Å². The molecule has 1 amide bonds. The zero-order chi connectivity index (χ0) is 40.4. The molecule has 3 aromatic carbocycles. The molecule has 2 aliphatic rings. The van der Waals surface area contributed by atoms with Gasteiger partial charge in [0.15, 0.2) is 10.8 Å². The molecule has 2 aliphatic heterocycles. The van der Waals surface area contributed by atoms with Gasteiger partial charge in [0, 0.05) is 55.9 Å². The van der Waals surface area contributed by atoms with Gasteiger partial charge in [0.05, 0.1) is 16.8 Å². The molecule has 2 N–H and O–H groups in total. The molecule has 57 heavy (non-hydrogen) atoms. The number of carboxylic acids is 1. The third-order valence-corrected chi connectivity index (χ3v) is 11.5. The van der Waals surface area contributed by atoms with Crippen molar-refractivity contribution in [1.29, 1.82) is 0 Å². The smallest absolute Gasteiger partial charge is 0.358 e. The van der Waals surface area contributed by atoms with Gasteiger partial charge in [0.25, 0.3) is 5.91 Å². The van der Waals surface area contributed by atoms with Crippen LogP contribution in [-0.2, 0) is 22.5 Å². The van der Waals surface area contributed by atoms with Crippen molar-refractivity contribution in [1.82, 2.24) is 19.8 Å². The molecule has 0 unspecified atom stereocenters. The number of nitrogens with zero attached hydrogens (tertiary/aromatic N) is 5. The van der Waals surface area contributed by atoms with E-state index in [-0.39, 0.29) is 30.2 Å². The van der Waals surface area contributed by atoms with Gasteiger partial charge in [-0.15, -0.1) is 0 Å². The molecule has 7 rings (SSSR count). The summed E-state index contributed by atoms with van der Waals surface area (Å²) in [5.74, 6) is -0.227. The molecular formula is C44H50N6O6S. The number of esters is 1. The van der Waals surface area contributed by atoms with Crippen LogP contribution in [0.25, 0.3) is 21.3 Å². The molecule has 1 saturated heterocycles. The van der Waals surface area contributed by atoms with E-state index < -0.39 is 17.5 Å². The van der Waals surface area contributed by atoms with Crippen molar-refractivity contribution in [3.63, 3.8) is 0 Å². The summed E-state index contributed by atoms with van der Waals surface area (Å²) in [6.07, 6.45) is 0.705. The first-order chi connectivity index (χ1) is 27.2. The van der Waals surface area contributed by atoms with E-state index in [2.05, 4.69) is 40.0 Å². The number of fused-ring (bicyclic) bond motifs is 2. The van der Waals surface area contributed by atoms with Crippen LogP contribution in [0.4, 0.5) is 10.9 Å². The minimum absolute atomic E-state index is 0.0396. The molecule has 0 saturated carbocycles. The van der Waals surface area contributed by atoms with Gasteiger partial charge in [-0.05, 0) is 107 Å². The first-order valence-electron chi connectivity index (χ1n) is 19.4. The summed E-state index contributed by atoms with van der Waals surface area (Å²) in [5, 5.41) is 12.9. The predicted octanol–water partition coefficient (Wildman–Crippen LogP) is 7.30. The van der Waals surface area contributed by atoms with E-state index in [1.165, 1.54) is 11.3 Å². The lowest BCUT2D eigenvalue weighted by atomic mass is 9.94. The van der Waals surface area contributed by atoms with Crippen LogP contribution in [0.15, 0.2) is 72.8 Å². The summed E-state index contributed by atoms with van der Waals surface area (Å²) in [6, 6.07) is 23.5. The third-order valence-electron chi connectivity index (χ3n) is 10.6. The highest BCUT2D eigenvalue weighted by molar-refractivity contribution is 7.22. The van der Waals surface area contributed by atoms with Gasteiger partial charge >= 0.3 is 11.9 Å². The lowest BCUT2D eigenvalue weighted by molar-refractivity contribution is -0.140. The van der Waals surface area contributed by atoms with E-state index in [1.807, 2.05) is 99.3 Å². The lowest BCUT2D eigenvalue weighted by Crippen LogP contribution is -2.58. The van der Waals surface area contributed by atoms with Crippen molar-refractivity contribution in [2.24, 2.45) is 0 Å². The molecule has 0 spiro atoms. The molecule has 2 atom stereocenters. The Balaban J connectivity index is 1.11. The minimum atomic E-state index is -0.810. The number of amides is 1. The maximum Gasteiger partial charge on any atom is 0.358 e. The van der Waals surface area contributed by atoms with Crippen LogP contribution in [-0.4, -0.2) is 99.7 Å². The number of para-hydroxylation sites is 1. The van der Waals surface area contributed by atoms with Gasteiger partial charge in [-0.25, -0.2) is 14.8 Å². The number of carbonyl (C=O) groups excluding carboxylic acids is 2. The number of benzene rings is 3. The molecule has 5 aromatic rings. The maximum atomic E-state index is 13.9. The van der Waals surface area contributed by atoms with E-state index in [0.29, 0.717) is 60.5 Å². The number of carbonyl (C=O) groups is 3. The fourth-order valence-corrected chi connectivity index (χ4v) is 8.73. The largest absolute Gasteiger partial charge is 0.492 e. The third kappa shape index (κ3) is 9.11. The highest BCUT2D eigenvalue weighted by Gasteiger charge is 2.31. The Hall–Kier alpha value is -5.37. The van der Waals surface area contributed by atoms with Gasteiger partial charge in [-0.3, -0.25) is 24.7 Å². The van der Waals surface area contributed by atoms with Gasteiger partial charge in [0.1, 0.15) is 23.8 Å². The van der Waals surface area contributed by atoms with Gasteiger partial charge < -0.3 is 19.5 Å². The van der Waals surface area contributed by atoms with Crippen molar-refractivity contribution in [2.45, 2.75) is 72.2 Å². The van der Waals surface area contributed by atoms with E-state index in [4.69, 9.17) is 14.5 Å². The molecule has 0 radical (unpaired) electrons. The Kier molecular flexibility index (Phi) is 11.6. The van der Waals surface area contributed by atoms with Crippen LogP contribution in [0.1, 0.15) is 72.2 Å². The van der Waals surface area contributed by atoms with Crippen molar-refractivity contribution >= 4 is 50.3 Å². The van der Waals surface area contributed by atoms with Crippen LogP contribution >= 0.6 is 11.3 Å². The number of piperazine rings is 1. The van der Waals surface area contributed by atoms with Gasteiger partial charge in [0.2, 0.25) is 0 Å². The summed E-state index contributed by atoms with van der Waals surface area (Å²) < 4.78 is 13.3. The molecule has 1 fully saturated rings. The molecule has 0 aliphatic carbocycles. The van der Waals surface area contributed by atoms with E-state index in [9.17, 15) is 19.5 Å². The van der Waals surface area contributed by atoms with Crippen LogP contribution < -0.4 is 15.0 Å². The number of hydrogen-bond donors (Lipinski definition) is 2. The second-order valence-electron chi connectivity index (χ2n) is 15.9. The Bertz CT molecular complexity index is 2260. The quantitative estimate of drug-likeness (QED) is 0.131. The van der Waals surface area contributed by atoms with Gasteiger partial charge in [-0.1, -0.05) is 47.7 Å². The monoisotopic (exact) mass is 790 g/mol. The number of anilines is 2. The van der Waals surface area contributed by atoms with Crippen molar-refractivity contribution in [2.75, 3.05) is 49.5 Å². The zero-order valence-electron chi connectivity index (χ0n) is 33.4. The number of nitrogens with one attached hydrogen (secondary N) is 1. The van der Waals surface area contributed by atoms with E-state index >= 15 is 0 Å². The van der Waals surface area contributed by atoms with Crippen LogP contribution in [0.3, 0.4) is 0 Å². The number of aromatic nitrogens is 2. The average molecular weight is 791 g/mol. The zero-order valence-corrected chi connectivity index (χ0v) is 34.2. The molecule has 0 bridgehead atoms. The average Bonchev–Trinajstić information content (AvgIpc) is 3.58. The fourth-order valence-electron chi connectivity index (χ4n) is 7.87. The second kappa shape index (κ2) is 16.6. The van der Waals surface area contributed by atoms with E-state index in [1.54, 1.807) is 0 Å². The summed E-state index contributed by atoms with van der Waals surface area (Å²) in [6.45, 7) is 15.4. The Morgan fingerprint density at radius 3 is 2.42 bits per heavy atom. The first-order valence-corrected chi connectivity index (χ1v) is 20.3. The van der Waals surface area contributed by atoms with Gasteiger partial charge in [-0.2, -0.15) is 0 Å². The van der Waals surface area contributed by atoms with Crippen LogP contribution in [0.2, 0.25) is 0 Å². The summed E-state index contributed by atoms with van der Waals surface area (Å²) in [4.78, 5) is 55.0. The molecular weight excluding hydrogens is 741 g/mol. The second-order valence-corrected chi connectivity index (χ2v) is 17.0. The summed E-state index contributed by atoms with van der Waals surface area (Å²) in [5.41, 5.74) is 5.24. The van der Waals surface area contributed by atoms with Crippen molar-refractivity contribution in [3.8, 4) is 16.9 Å². The van der Waals surface area contributed by atoms with Crippen molar-refractivity contribution in [3.05, 3.63) is 101 Å². The Labute approximate surface area is 337 Å². The number of carboxylic acid groups (broad SMARTS) is 1. The highest BCUT2D eigenvalue weighted by Crippen LogP contribution is 2.35. The lowest BCUT2D eigenvalue weighted by Gasteiger charge is -2.43. The normalized spacial score (nSPS) is 17.6. The van der Waals surface area contributed by atoms with Crippen LogP contribution in [0, 0.1) is 6.92 Å². The van der Waals surface area contributed by atoms with Crippen LogP contribution in [0.5, 0.6) is 5.75 Å². The molecule has 4 heterocycles. The maximum absolute atomic E-state index is 13.9. The predicted molar refractivity (Wildman–Crippen MR) is 224 cm³/mol. The topological polar surface area (TPSA) is 137 Å². The number of pyridine rings is 1. The number of hydrogen-bond acceptors (Lipinski definition) is 11. The van der Waals surface area contributed by atoms with E-state index in [0.717, 1.165) is 45.6 Å². The molecule has 13 heteroatoms. The first kappa shape index (κ1) is 39.8. The number of rotatable bonds is 11. The molecule has 12 nitrogen and oxygen atoms in total. The Morgan fingerprint density at radius 1 is 0.930 bits per heavy atom. The summed E-state index contributed by atoms with van der Waals surface area (Å²) in [7, 11) is 0. The standard InChI is InChI=1S/C44H50N6O6S/c1-27-23-48(24-28(2)50(27)26-39(51)52)21-22-55-36-15-10-12-31(29(36)3)32-17-18-38(46-40(32)42(54)56-44(4,5)6)49-20-19-30-11-9-13-33(34(30)25-49)41(53)47-43-45-35-14-7-8-16-37(35)57-43/h7-18,27-28H,19-26H2,1-6H3,(H,51,52)(H,45,47,53)/t27-,28+. The summed E-state index contributed by atoms with van der Waals surface area (Å²) >= 11 is 1.44. The number of thiazole rings is 1.